The first-order chi connectivity index (χ1) is 11.3. The lowest BCUT2D eigenvalue weighted by Crippen LogP contribution is -2.33. The van der Waals surface area contributed by atoms with Crippen LogP contribution >= 0.6 is 0 Å². The summed E-state index contributed by atoms with van der Waals surface area (Å²) < 4.78 is 38.3. The largest absolute Gasteiger partial charge is 0.451 e. The smallest absolute Gasteiger partial charge is 0.299 e. The number of hydrogen-bond acceptors (Lipinski definition) is 4. The summed E-state index contributed by atoms with van der Waals surface area (Å²) in [5, 5.41) is 1.42. The average molecular weight is 332 g/mol. The zero-order valence-electron chi connectivity index (χ0n) is 12.5. The number of carbonyl (C=O) groups is 2. The SMILES string of the molecule is CC(=O)C(C(=O)C(F)(F)F)c1ccc2ccc3cccnc3c2n1. The van der Waals surface area contributed by atoms with Crippen molar-refractivity contribution in [3.05, 3.63) is 48.3 Å². The van der Waals surface area contributed by atoms with Crippen LogP contribution in [0, 0.1) is 0 Å². The number of nitrogens with zero attached hydrogens (tertiary/aromatic N) is 2. The maximum absolute atomic E-state index is 12.8. The van der Waals surface area contributed by atoms with Crippen molar-refractivity contribution in [2.75, 3.05) is 0 Å². The minimum Gasteiger partial charge on any atom is -0.299 e. The fourth-order valence-electron chi connectivity index (χ4n) is 2.59. The molecule has 0 aliphatic rings. The monoisotopic (exact) mass is 332 g/mol. The van der Waals surface area contributed by atoms with Crippen LogP contribution in [0.4, 0.5) is 13.2 Å². The van der Waals surface area contributed by atoms with Gasteiger partial charge in [0.25, 0.3) is 5.78 Å². The number of fused-ring (bicyclic) bond motifs is 3. The van der Waals surface area contributed by atoms with E-state index in [2.05, 4.69) is 9.97 Å². The van der Waals surface area contributed by atoms with Crippen molar-refractivity contribution in [2.24, 2.45) is 0 Å². The van der Waals surface area contributed by atoms with E-state index in [1.807, 2.05) is 6.07 Å². The molecule has 2 heterocycles. The molecule has 2 aromatic heterocycles. The van der Waals surface area contributed by atoms with E-state index in [0.717, 1.165) is 12.3 Å². The highest BCUT2D eigenvalue weighted by Crippen LogP contribution is 2.30. The lowest BCUT2D eigenvalue weighted by Gasteiger charge is -2.15. The van der Waals surface area contributed by atoms with E-state index in [-0.39, 0.29) is 5.69 Å². The second-order valence-corrected chi connectivity index (χ2v) is 5.35. The molecule has 0 spiro atoms. The summed E-state index contributed by atoms with van der Waals surface area (Å²) >= 11 is 0. The number of pyridine rings is 2. The normalized spacial score (nSPS) is 13.2. The standard InChI is InChI=1S/C17H11F3N2O2/c1-9(23)13(16(24)17(18,19)20)12-7-6-11-5-4-10-3-2-8-21-14(10)15(11)22-12/h2-8,13H,1H3. The van der Waals surface area contributed by atoms with E-state index < -0.39 is 23.7 Å². The molecule has 7 heteroatoms. The lowest BCUT2D eigenvalue weighted by atomic mass is 9.94. The van der Waals surface area contributed by atoms with Crippen LogP contribution in [0.25, 0.3) is 21.8 Å². The number of hydrogen-bond donors (Lipinski definition) is 0. The van der Waals surface area contributed by atoms with Gasteiger partial charge in [-0.05, 0) is 19.1 Å². The number of halogens is 3. The van der Waals surface area contributed by atoms with Gasteiger partial charge in [0.2, 0.25) is 0 Å². The minimum atomic E-state index is -5.11. The number of benzene rings is 1. The number of alkyl halides is 3. The minimum absolute atomic E-state index is 0.226. The van der Waals surface area contributed by atoms with Gasteiger partial charge in [-0.2, -0.15) is 13.2 Å². The lowest BCUT2D eigenvalue weighted by molar-refractivity contribution is -0.173. The predicted molar refractivity (Wildman–Crippen MR) is 81.5 cm³/mol. The fourth-order valence-corrected chi connectivity index (χ4v) is 2.59. The van der Waals surface area contributed by atoms with Gasteiger partial charge < -0.3 is 0 Å². The molecule has 122 valence electrons. The molecule has 0 radical (unpaired) electrons. The van der Waals surface area contributed by atoms with Crippen molar-refractivity contribution < 1.29 is 22.8 Å². The van der Waals surface area contributed by atoms with Crippen LogP contribution in [0.3, 0.4) is 0 Å². The molecule has 3 aromatic rings. The summed E-state index contributed by atoms with van der Waals surface area (Å²) in [7, 11) is 0. The van der Waals surface area contributed by atoms with Crippen LogP contribution in [0.15, 0.2) is 42.6 Å². The Labute approximate surface area is 134 Å². The van der Waals surface area contributed by atoms with E-state index >= 15 is 0 Å². The summed E-state index contributed by atoms with van der Waals surface area (Å²) in [6, 6.07) is 9.89. The molecular weight excluding hydrogens is 321 g/mol. The van der Waals surface area contributed by atoms with E-state index in [4.69, 9.17) is 0 Å². The Balaban J connectivity index is 2.23. The summed E-state index contributed by atoms with van der Waals surface area (Å²) in [4.78, 5) is 31.6. The molecule has 0 fully saturated rings. The highest BCUT2D eigenvalue weighted by molar-refractivity contribution is 6.09. The first kappa shape index (κ1) is 16.0. The van der Waals surface area contributed by atoms with Crippen LogP contribution in [-0.2, 0) is 9.59 Å². The molecule has 0 saturated carbocycles. The zero-order valence-corrected chi connectivity index (χ0v) is 12.5. The maximum atomic E-state index is 12.8. The van der Waals surface area contributed by atoms with Crippen molar-refractivity contribution >= 4 is 33.4 Å². The van der Waals surface area contributed by atoms with Crippen LogP contribution in [0.2, 0.25) is 0 Å². The number of carbonyl (C=O) groups excluding carboxylic acids is 2. The Morgan fingerprint density at radius 1 is 1.00 bits per heavy atom. The van der Waals surface area contributed by atoms with Gasteiger partial charge >= 0.3 is 6.18 Å². The zero-order chi connectivity index (χ0) is 17.5. The Bertz CT molecular complexity index is 967. The van der Waals surface area contributed by atoms with E-state index in [9.17, 15) is 22.8 Å². The van der Waals surface area contributed by atoms with Gasteiger partial charge in [0.1, 0.15) is 11.7 Å². The van der Waals surface area contributed by atoms with Gasteiger partial charge in [0, 0.05) is 17.0 Å². The van der Waals surface area contributed by atoms with Crippen LogP contribution < -0.4 is 0 Å². The number of Topliss-reactive ketones (excluding diaryl/α,β-unsaturated/α-hetero) is 2. The van der Waals surface area contributed by atoms with Gasteiger partial charge in [0.05, 0.1) is 16.7 Å². The second-order valence-electron chi connectivity index (χ2n) is 5.35. The third-order valence-corrected chi connectivity index (χ3v) is 3.70. The molecule has 0 N–H and O–H groups in total. The maximum Gasteiger partial charge on any atom is 0.451 e. The summed E-state index contributed by atoms with van der Waals surface area (Å²) in [5.74, 6) is -4.99. The van der Waals surface area contributed by atoms with E-state index in [0.29, 0.717) is 16.4 Å². The topological polar surface area (TPSA) is 59.9 Å². The van der Waals surface area contributed by atoms with Crippen molar-refractivity contribution in [2.45, 2.75) is 19.0 Å². The Morgan fingerprint density at radius 2 is 1.62 bits per heavy atom. The van der Waals surface area contributed by atoms with E-state index in [1.54, 1.807) is 24.4 Å². The molecule has 1 aromatic carbocycles. The Hall–Kier alpha value is -2.83. The fraction of sp³-hybridized carbons (Fsp3) is 0.176. The molecule has 1 unspecified atom stereocenters. The highest BCUT2D eigenvalue weighted by Gasteiger charge is 2.46. The van der Waals surface area contributed by atoms with Crippen LogP contribution in [0.5, 0.6) is 0 Å². The third-order valence-electron chi connectivity index (χ3n) is 3.70. The Kier molecular flexibility index (Phi) is 3.79. The van der Waals surface area contributed by atoms with Gasteiger partial charge in [-0.15, -0.1) is 0 Å². The van der Waals surface area contributed by atoms with Crippen molar-refractivity contribution in [3.8, 4) is 0 Å². The molecule has 24 heavy (non-hydrogen) atoms. The summed E-state index contributed by atoms with van der Waals surface area (Å²) in [6.45, 7) is 0.946. The quantitative estimate of drug-likeness (QED) is 0.543. The molecular formula is C17H11F3N2O2. The van der Waals surface area contributed by atoms with Gasteiger partial charge in [-0.1, -0.05) is 24.3 Å². The van der Waals surface area contributed by atoms with Crippen molar-refractivity contribution in [1.29, 1.82) is 0 Å². The Morgan fingerprint density at radius 3 is 2.25 bits per heavy atom. The number of ketones is 2. The predicted octanol–water partition coefficient (Wildman–Crippen LogP) is 3.59. The number of aromatic nitrogens is 2. The molecule has 1 atom stereocenters. The average Bonchev–Trinajstić information content (AvgIpc) is 2.53. The van der Waals surface area contributed by atoms with E-state index in [1.165, 1.54) is 12.1 Å². The molecule has 0 amide bonds. The number of rotatable bonds is 3. The summed E-state index contributed by atoms with van der Waals surface area (Å²) in [5.41, 5.74) is 0.626. The van der Waals surface area contributed by atoms with Crippen LogP contribution in [-0.4, -0.2) is 27.7 Å². The second kappa shape index (κ2) is 5.67. The molecule has 0 aliphatic carbocycles. The third kappa shape index (κ3) is 2.73. The van der Waals surface area contributed by atoms with Gasteiger partial charge in [-0.25, -0.2) is 4.98 Å². The molecule has 4 nitrogen and oxygen atoms in total. The van der Waals surface area contributed by atoms with Gasteiger partial charge in [0.15, 0.2) is 0 Å². The molecule has 0 aliphatic heterocycles. The molecule has 0 bridgehead atoms. The first-order valence-electron chi connectivity index (χ1n) is 7.05. The highest BCUT2D eigenvalue weighted by atomic mass is 19.4. The van der Waals surface area contributed by atoms with Gasteiger partial charge in [-0.3, -0.25) is 14.6 Å². The summed E-state index contributed by atoms with van der Waals surface area (Å²) in [6.07, 6.45) is -3.57. The first-order valence-corrected chi connectivity index (χ1v) is 7.05. The van der Waals surface area contributed by atoms with Crippen LogP contribution in [0.1, 0.15) is 18.5 Å². The molecule has 0 saturated heterocycles. The molecule has 3 rings (SSSR count). The van der Waals surface area contributed by atoms with Crippen molar-refractivity contribution in [3.63, 3.8) is 0 Å². The van der Waals surface area contributed by atoms with Crippen molar-refractivity contribution in [1.82, 2.24) is 9.97 Å².